The molecule has 0 saturated carbocycles. The maximum Gasteiger partial charge on any atom is 0.115 e. The third-order valence-corrected chi connectivity index (χ3v) is 2.48. The van der Waals surface area contributed by atoms with Gasteiger partial charge in [-0.05, 0) is 18.6 Å². The van der Waals surface area contributed by atoms with Crippen LogP contribution in [0.3, 0.4) is 0 Å². The number of hydrogen-bond donors (Lipinski definition) is 0. The quantitative estimate of drug-likeness (QED) is 0.532. The first-order chi connectivity index (χ1) is 5.36. The lowest BCUT2D eigenvalue weighted by Gasteiger charge is -1.82. The first kappa shape index (κ1) is 8.53. The predicted octanol–water partition coefficient (Wildman–Crippen LogP) is 2.31. The Morgan fingerprint density at radius 2 is 2.64 bits per heavy atom. The number of aryl methyl sites for hydroxylation is 1. The summed E-state index contributed by atoms with van der Waals surface area (Å²) in [6, 6.07) is 0. The van der Waals surface area contributed by atoms with Crippen molar-refractivity contribution in [1.29, 1.82) is 0 Å². The molecule has 1 heterocycles. The molecule has 58 valence electrons. The third-order valence-electron chi connectivity index (χ3n) is 1.23. The lowest BCUT2D eigenvalue weighted by Crippen LogP contribution is -1.74. The van der Waals surface area contributed by atoms with Crippen molar-refractivity contribution in [2.24, 2.45) is 4.99 Å². The SMILES string of the molecule is CCc1cnc(CN=C=S)s1. The minimum atomic E-state index is 0.578. The molecule has 0 aliphatic heterocycles. The Balaban J connectivity index is 2.64. The van der Waals surface area contributed by atoms with Crippen LogP contribution in [-0.2, 0) is 13.0 Å². The van der Waals surface area contributed by atoms with E-state index in [1.807, 2.05) is 6.20 Å². The molecule has 0 aliphatic rings. The predicted molar refractivity (Wildman–Crippen MR) is 50.2 cm³/mol. The Morgan fingerprint density at radius 1 is 1.82 bits per heavy atom. The van der Waals surface area contributed by atoms with Crippen LogP contribution in [0, 0.1) is 0 Å². The number of thiocarbonyl (C=S) groups is 1. The van der Waals surface area contributed by atoms with E-state index in [9.17, 15) is 0 Å². The molecule has 0 unspecified atom stereocenters. The van der Waals surface area contributed by atoms with Gasteiger partial charge < -0.3 is 0 Å². The normalized spacial score (nSPS) is 9.18. The van der Waals surface area contributed by atoms with Gasteiger partial charge in [-0.1, -0.05) is 6.92 Å². The van der Waals surface area contributed by atoms with Gasteiger partial charge in [0.05, 0.1) is 5.16 Å². The van der Waals surface area contributed by atoms with Crippen molar-refractivity contribution in [2.45, 2.75) is 19.9 Å². The number of rotatable bonds is 3. The van der Waals surface area contributed by atoms with Crippen molar-refractivity contribution >= 4 is 28.7 Å². The summed E-state index contributed by atoms with van der Waals surface area (Å²) >= 11 is 6.13. The molecule has 0 bridgehead atoms. The van der Waals surface area contributed by atoms with Crippen LogP contribution in [0.4, 0.5) is 0 Å². The Kier molecular flexibility index (Phi) is 3.36. The van der Waals surface area contributed by atoms with Crippen LogP contribution in [0.25, 0.3) is 0 Å². The van der Waals surface area contributed by atoms with Gasteiger partial charge in [0.1, 0.15) is 11.6 Å². The number of nitrogens with zero attached hydrogens (tertiary/aromatic N) is 2. The zero-order chi connectivity index (χ0) is 8.10. The topological polar surface area (TPSA) is 25.2 Å². The first-order valence-electron chi connectivity index (χ1n) is 3.34. The number of thiazole rings is 1. The van der Waals surface area contributed by atoms with Crippen LogP contribution in [0.1, 0.15) is 16.8 Å². The summed E-state index contributed by atoms with van der Waals surface area (Å²) in [6.45, 7) is 2.69. The lowest BCUT2D eigenvalue weighted by molar-refractivity contribution is 1.04. The van der Waals surface area contributed by atoms with Crippen molar-refractivity contribution in [3.05, 3.63) is 16.1 Å². The van der Waals surface area contributed by atoms with Gasteiger partial charge in [0.15, 0.2) is 0 Å². The summed E-state index contributed by atoms with van der Waals surface area (Å²) < 4.78 is 0. The zero-order valence-electron chi connectivity index (χ0n) is 6.20. The molecule has 2 nitrogen and oxygen atoms in total. The molecule has 11 heavy (non-hydrogen) atoms. The van der Waals surface area contributed by atoms with Gasteiger partial charge in [-0.2, -0.15) is 0 Å². The van der Waals surface area contributed by atoms with E-state index in [0.717, 1.165) is 11.4 Å². The summed E-state index contributed by atoms with van der Waals surface area (Å²) in [5.41, 5.74) is 0. The summed E-state index contributed by atoms with van der Waals surface area (Å²) in [5, 5.41) is 3.33. The fourth-order valence-electron chi connectivity index (χ4n) is 0.684. The Bertz CT molecular complexity index is 274. The van der Waals surface area contributed by atoms with E-state index in [2.05, 4.69) is 34.3 Å². The first-order valence-corrected chi connectivity index (χ1v) is 4.56. The highest BCUT2D eigenvalue weighted by molar-refractivity contribution is 7.78. The average Bonchev–Trinajstić information content (AvgIpc) is 2.48. The Labute approximate surface area is 75.0 Å². The molecule has 0 aromatic carbocycles. The number of isothiocyanates is 1. The molecule has 0 aliphatic carbocycles. The molecular weight excluding hydrogens is 176 g/mol. The van der Waals surface area contributed by atoms with Gasteiger partial charge >= 0.3 is 0 Å². The van der Waals surface area contributed by atoms with Crippen LogP contribution >= 0.6 is 23.6 Å². The van der Waals surface area contributed by atoms with Gasteiger partial charge in [0, 0.05) is 11.1 Å². The third kappa shape index (κ3) is 2.50. The van der Waals surface area contributed by atoms with E-state index in [4.69, 9.17) is 0 Å². The smallest absolute Gasteiger partial charge is 0.115 e. The van der Waals surface area contributed by atoms with Crippen LogP contribution in [0.15, 0.2) is 11.2 Å². The van der Waals surface area contributed by atoms with E-state index in [0.29, 0.717) is 6.54 Å². The second-order valence-electron chi connectivity index (χ2n) is 1.98. The summed E-state index contributed by atoms with van der Waals surface area (Å²) in [4.78, 5) is 9.26. The molecule has 0 N–H and O–H groups in total. The maximum atomic E-state index is 4.45. The fourth-order valence-corrected chi connectivity index (χ4v) is 1.54. The second kappa shape index (κ2) is 4.34. The molecule has 0 saturated heterocycles. The van der Waals surface area contributed by atoms with Crippen molar-refractivity contribution < 1.29 is 0 Å². The molecule has 0 spiro atoms. The van der Waals surface area contributed by atoms with Gasteiger partial charge in [0.2, 0.25) is 0 Å². The molecule has 0 atom stereocenters. The molecule has 4 heteroatoms. The lowest BCUT2D eigenvalue weighted by atomic mass is 10.4. The largest absolute Gasteiger partial charge is 0.247 e. The minimum absolute atomic E-state index is 0.578. The Morgan fingerprint density at radius 3 is 3.18 bits per heavy atom. The van der Waals surface area contributed by atoms with Crippen molar-refractivity contribution in [2.75, 3.05) is 0 Å². The summed E-state index contributed by atoms with van der Waals surface area (Å²) in [7, 11) is 0. The fraction of sp³-hybridized carbons (Fsp3) is 0.429. The van der Waals surface area contributed by atoms with Crippen LogP contribution < -0.4 is 0 Å². The average molecular weight is 184 g/mol. The van der Waals surface area contributed by atoms with Crippen molar-refractivity contribution in [1.82, 2.24) is 4.98 Å². The molecule has 0 radical (unpaired) electrons. The van der Waals surface area contributed by atoms with Crippen LogP contribution in [0.2, 0.25) is 0 Å². The number of hydrogen-bond acceptors (Lipinski definition) is 4. The number of aromatic nitrogens is 1. The Hall–Kier alpha value is -0.570. The standard InChI is InChI=1S/C7H8N2S2/c1-2-6-3-9-7(11-6)4-8-5-10/h3H,2,4H2,1H3. The van der Waals surface area contributed by atoms with E-state index >= 15 is 0 Å². The van der Waals surface area contributed by atoms with Gasteiger partial charge in [0.25, 0.3) is 0 Å². The van der Waals surface area contributed by atoms with E-state index in [-0.39, 0.29) is 0 Å². The van der Waals surface area contributed by atoms with Gasteiger partial charge in [-0.25, -0.2) is 9.98 Å². The molecule has 0 fully saturated rings. The molecule has 0 amide bonds. The molecule has 1 aromatic rings. The van der Waals surface area contributed by atoms with E-state index < -0.39 is 0 Å². The maximum absolute atomic E-state index is 4.45. The summed E-state index contributed by atoms with van der Waals surface area (Å²) in [5.74, 6) is 0. The molecule has 1 aromatic heterocycles. The van der Waals surface area contributed by atoms with Gasteiger partial charge in [-0.15, -0.1) is 11.3 Å². The zero-order valence-corrected chi connectivity index (χ0v) is 7.84. The van der Waals surface area contributed by atoms with E-state index in [1.165, 1.54) is 4.88 Å². The second-order valence-corrected chi connectivity index (χ2v) is 3.36. The van der Waals surface area contributed by atoms with Crippen LogP contribution in [-0.4, -0.2) is 10.1 Å². The number of aliphatic imine (C=N–C) groups is 1. The van der Waals surface area contributed by atoms with Crippen molar-refractivity contribution in [3.63, 3.8) is 0 Å². The molecular formula is C7H8N2S2. The minimum Gasteiger partial charge on any atom is -0.247 e. The highest BCUT2D eigenvalue weighted by Crippen LogP contribution is 2.13. The highest BCUT2D eigenvalue weighted by Gasteiger charge is 1.97. The monoisotopic (exact) mass is 184 g/mol. The highest BCUT2D eigenvalue weighted by atomic mass is 32.1. The van der Waals surface area contributed by atoms with Crippen molar-refractivity contribution in [3.8, 4) is 0 Å². The molecule has 1 rings (SSSR count). The summed E-state index contributed by atoms with van der Waals surface area (Å²) in [6.07, 6.45) is 2.93. The van der Waals surface area contributed by atoms with E-state index in [1.54, 1.807) is 11.3 Å². The van der Waals surface area contributed by atoms with Crippen LogP contribution in [0.5, 0.6) is 0 Å². The van der Waals surface area contributed by atoms with Gasteiger partial charge in [-0.3, -0.25) is 0 Å².